The Morgan fingerprint density at radius 2 is 1.81 bits per heavy atom. The molecule has 0 bridgehead atoms. The largest absolute Gasteiger partial charge is 0.387 e. The van der Waals surface area contributed by atoms with Crippen LogP contribution in [0, 0.1) is 19.7 Å². The predicted molar refractivity (Wildman–Crippen MR) is 122 cm³/mol. The summed E-state index contributed by atoms with van der Waals surface area (Å²) in [6.07, 6.45) is 2.25. The van der Waals surface area contributed by atoms with Crippen LogP contribution in [-0.2, 0) is 17.8 Å². The van der Waals surface area contributed by atoms with Gasteiger partial charge in [0.05, 0.1) is 11.5 Å². The second kappa shape index (κ2) is 9.45. The lowest BCUT2D eigenvalue weighted by molar-refractivity contribution is -0.132. The van der Waals surface area contributed by atoms with Crippen LogP contribution >= 0.6 is 0 Å². The van der Waals surface area contributed by atoms with Gasteiger partial charge in [0.25, 0.3) is 0 Å². The van der Waals surface area contributed by atoms with Gasteiger partial charge in [0.1, 0.15) is 12.4 Å². The van der Waals surface area contributed by atoms with Gasteiger partial charge in [-0.2, -0.15) is 5.10 Å². The number of nitrogens with zero attached hydrogens (tertiary/aromatic N) is 4. The number of aryl methyl sites for hydroxylation is 3. The van der Waals surface area contributed by atoms with Crippen molar-refractivity contribution in [3.63, 3.8) is 0 Å². The molecule has 1 aliphatic rings. The fourth-order valence-electron chi connectivity index (χ4n) is 3.97. The molecule has 0 fully saturated rings. The van der Waals surface area contributed by atoms with E-state index in [2.05, 4.69) is 17.0 Å². The first-order valence-electron chi connectivity index (χ1n) is 10.8. The van der Waals surface area contributed by atoms with Gasteiger partial charge in [0, 0.05) is 36.5 Å². The molecule has 1 aromatic heterocycles. The Morgan fingerprint density at radius 1 is 1.16 bits per heavy atom. The Balaban J connectivity index is 1.77. The van der Waals surface area contributed by atoms with Crippen LogP contribution in [0.4, 0.5) is 4.39 Å². The third-order valence-electron chi connectivity index (χ3n) is 5.77. The molecule has 0 spiro atoms. The minimum absolute atomic E-state index is 0.0401. The summed E-state index contributed by atoms with van der Waals surface area (Å²) in [5.41, 5.74) is 11.7. The normalized spacial score (nSPS) is 15.4. The zero-order chi connectivity index (χ0) is 22.7. The van der Waals surface area contributed by atoms with E-state index in [-0.39, 0.29) is 18.3 Å². The standard InChI is InChI=1S/C24H32FN5O/c1-6-20-13-22(19-11-16(3)24(25)17(4)12-19)28-30(20)14-23(31)29-9-7-15(2)21(8-10-29)27-18(5)26/h11-13H,6-10,14H2,1-5H3,(H2,26,27). The molecule has 7 heteroatoms. The van der Waals surface area contributed by atoms with Crippen LogP contribution in [0.3, 0.4) is 0 Å². The summed E-state index contributed by atoms with van der Waals surface area (Å²) in [7, 11) is 0. The Labute approximate surface area is 183 Å². The molecular weight excluding hydrogens is 393 g/mol. The van der Waals surface area contributed by atoms with Crippen LogP contribution in [0.1, 0.15) is 50.4 Å². The molecule has 0 radical (unpaired) electrons. The Hall–Kier alpha value is -2.96. The molecule has 2 aromatic rings. The highest BCUT2D eigenvalue weighted by Gasteiger charge is 2.21. The van der Waals surface area contributed by atoms with Crippen molar-refractivity contribution in [2.75, 3.05) is 13.1 Å². The fourth-order valence-corrected chi connectivity index (χ4v) is 3.97. The lowest BCUT2D eigenvalue weighted by Crippen LogP contribution is -2.35. The van der Waals surface area contributed by atoms with E-state index in [4.69, 9.17) is 5.73 Å². The number of rotatable bonds is 5. The maximum Gasteiger partial charge on any atom is 0.244 e. The van der Waals surface area contributed by atoms with Gasteiger partial charge in [-0.25, -0.2) is 9.38 Å². The number of nitrogens with two attached hydrogens (primary N) is 1. The number of aliphatic imine (C=N–C) groups is 1. The first-order chi connectivity index (χ1) is 14.7. The summed E-state index contributed by atoms with van der Waals surface area (Å²) in [6, 6.07) is 5.60. The van der Waals surface area contributed by atoms with Crippen molar-refractivity contribution in [2.45, 2.75) is 60.4 Å². The van der Waals surface area contributed by atoms with Crippen LogP contribution in [0.2, 0.25) is 0 Å². The van der Waals surface area contributed by atoms with E-state index in [0.29, 0.717) is 36.5 Å². The zero-order valence-corrected chi connectivity index (χ0v) is 19.1. The Kier molecular flexibility index (Phi) is 6.93. The lowest BCUT2D eigenvalue weighted by Gasteiger charge is -2.21. The molecule has 1 aromatic carbocycles. The maximum atomic E-state index is 14.0. The monoisotopic (exact) mass is 425 g/mol. The van der Waals surface area contributed by atoms with Crippen molar-refractivity contribution in [3.05, 3.63) is 52.1 Å². The number of carbonyl (C=O) groups excluding carboxylic acids is 1. The topological polar surface area (TPSA) is 76.5 Å². The van der Waals surface area contributed by atoms with E-state index in [1.165, 1.54) is 5.57 Å². The van der Waals surface area contributed by atoms with Crippen molar-refractivity contribution in [2.24, 2.45) is 10.7 Å². The molecule has 0 saturated heterocycles. The van der Waals surface area contributed by atoms with Gasteiger partial charge in [-0.3, -0.25) is 9.48 Å². The third-order valence-corrected chi connectivity index (χ3v) is 5.77. The molecular formula is C24H32FN5O. The van der Waals surface area contributed by atoms with Gasteiger partial charge in [-0.05, 0) is 75.4 Å². The predicted octanol–water partition coefficient (Wildman–Crippen LogP) is 4.14. The van der Waals surface area contributed by atoms with E-state index < -0.39 is 0 Å². The summed E-state index contributed by atoms with van der Waals surface area (Å²) in [5.74, 6) is 0.392. The fraction of sp³-hybridized carbons (Fsp3) is 0.458. The van der Waals surface area contributed by atoms with Crippen LogP contribution < -0.4 is 5.73 Å². The number of halogens is 1. The summed E-state index contributed by atoms with van der Waals surface area (Å²) in [6.45, 7) is 10.9. The smallest absolute Gasteiger partial charge is 0.244 e. The molecule has 0 unspecified atom stereocenters. The molecule has 2 heterocycles. The molecule has 2 N–H and O–H groups in total. The van der Waals surface area contributed by atoms with Gasteiger partial charge < -0.3 is 10.6 Å². The van der Waals surface area contributed by atoms with Gasteiger partial charge >= 0.3 is 0 Å². The maximum absolute atomic E-state index is 14.0. The van der Waals surface area contributed by atoms with Crippen LogP contribution in [0.25, 0.3) is 11.3 Å². The molecule has 1 amide bonds. The second-order valence-corrected chi connectivity index (χ2v) is 8.32. The third kappa shape index (κ3) is 5.21. The number of amides is 1. The van der Waals surface area contributed by atoms with Crippen molar-refractivity contribution in [1.82, 2.24) is 14.7 Å². The highest BCUT2D eigenvalue weighted by molar-refractivity contribution is 5.79. The Bertz CT molecular complexity index is 1020. The minimum Gasteiger partial charge on any atom is -0.387 e. The number of carbonyl (C=O) groups is 1. The average Bonchev–Trinajstić information content (AvgIpc) is 3.03. The zero-order valence-electron chi connectivity index (χ0n) is 19.1. The first-order valence-corrected chi connectivity index (χ1v) is 10.8. The first kappa shape index (κ1) is 22.7. The number of hydrogen-bond acceptors (Lipinski definition) is 3. The van der Waals surface area contributed by atoms with E-state index in [9.17, 15) is 9.18 Å². The summed E-state index contributed by atoms with van der Waals surface area (Å²) in [5, 5.41) is 4.69. The van der Waals surface area contributed by atoms with E-state index >= 15 is 0 Å². The highest BCUT2D eigenvalue weighted by atomic mass is 19.1. The van der Waals surface area contributed by atoms with Crippen LogP contribution in [0.15, 0.2) is 34.5 Å². The average molecular weight is 426 g/mol. The van der Waals surface area contributed by atoms with Gasteiger partial charge in [0.2, 0.25) is 5.91 Å². The quantitative estimate of drug-likeness (QED) is 0.578. The summed E-state index contributed by atoms with van der Waals surface area (Å²) < 4.78 is 15.8. The molecule has 0 aliphatic carbocycles. The molecule has 31 heavy (non-hydrogen) atoms. The number of aromatic nitrogens is 2. The van der Waals surface area contributed by atoms with Gasteiger partial charge in [-0.1, -0.05) is 6.92 Å². The molecule has 1 aliphatic heterocycles. The van der Waals surface area contributed by atoms with E-state index in [1.54, 1.807) is 37.6 Å². The van der Waals surface area contributed by atoms with Crippen LogP contribution in [0.5, 0.6) is 0 Å². The molecule has 3 rings (SSSR count). The lowest BCUT2D eigenvalue weighted by atomic mass is 10.0. The summed E-state index contributed by atoms with van der Waals surface area (Å²) >= 11 is 0. The molecule has 0 saturated carbocycles. The number of hydrogen-bond donors (Lipinski definition) is 1. The molecule has 0 atom stereocenters. The van der Waals surface area contributed by atoms with Crippen LogP contribution in [-0.4, -0.2) is 39.5 Å². The van der Waals surface area contributed by atoms with Crippen molar-refractivity contribution < 1.29 is 9.18 Å². The van der Waals surface area contributed by atoms with E-state index in [1.807, 2.05) is 17.9 Å². The number of benzene rings is 1. The van der Waals surface area contributed by atoms with E-state index in [0.717, 1.165) is 35.5 Å². The van der Waals surface area contributed by atoms with Crippen molar-refractivity contribution >= 4 is 11.7 Å². The summed E-state index contributed by atoms with van der Waals surface area (Å²) in [4.78, 5) is 19.4. The second-order valence-electron chi connectivity index (χ2n) is 8.32. The SMILES string of the molecule is CCc1cc(-c2cc(C)c(F)c(C)c2)nn1CC(=O)N1CCC(C)=C(N=C(C)N)CC1. The van der Waals surface area contributed by atoms with Crippen molar-refractivity contribution in [3.8, 4) is 11.3 Å². The van der Waals surface area contributed by atoms with Gasteiger partial charge in [-0.15, -0.1) is 0 Å². The molecule has 6 nitrogen and oxygen atoms in total. The number of amidine groups is 1. The highest BCUT2D eigenvalue weighted by Crippen LogP contribution is 2.25. The Morgan fingerprint density at radius 3 is 2.42 bits per heavy atom. The van der Waals surface area contributed by atoms with Crippen molar-refractivity contribution in [1.29, 1.82) is 0 Å². The molecule has 166 valence electrons. The minimum atomic E-state index is -0.187. The van der Waals surface area contributed by atoms with Gasteiger partial charge in [0.15, 0.2) is 0 Å².